The van der Waals surface area contributed by atoms with E-state index >= 15 is 0 Å². The first-order valence-corrected chi connectivity index (χ1v) is 15.5. The lowest BCUT2D eigenvalue weighted by Gasteiger charge is -2.23. The summed E-state index contributed by atoms with van der Waals surface area (Å²) in [7, 11) is 0. The minimum atomic E-state index is -1.04. The molecule has 12 heteroatoms. The summed E-state index contributed by atoms with van der Waals surface area (Å²) in [6, 6.07) is 16.5. The average Bonchev–Trinajstić information content (AvgIpc) is 3.56. The average molecular weight is 645 g/mol. The van der Waals surface area contributed by atoms with Crippen molar-refractivity contribution >= 4 is 68.9 Å². The molecule has 1 fully saturated rings. The maximum absolute atomic E-state index is 13.5. The first kappa shape index (κ1) is 30.0. The van der Waals surface area contributed by atoms with Crippen LogP contribution in [0, 0.1) is 5.82 Å². The van der Waals surface area contributed by atoms with E-state index in [-0.39, 0.29) is 27.3 Å². The molecule has 1 N–H and O–H groups in total. The Hall–Kier alpha value is -3.44. The lowest BCUT2D eigenvalue weighted by Crippen LogP contribution is -2.29. The third-order valence-corrected chi connectivity index (χ3v) is 9.34. The van der Waals surface area contributed by atoms with Gasteiger partial charge in [0.25, 0.3) is 5.78 Å². The number of halogens is 3. The largest absolute Gasteiger partial charge is 0.507 e. The maximum Gasteiger partial charge on any atom is 0.301 e. The molecule has 0 aliphatic carbocycles. The predicted molar refractivity (Wildman–Crippen MR) is 164 cm³/mol. The van der Waals surface area contributed by atoms with Gasteiger partial charge < -0.3 is 9.84 Å². The Bertz CT molecular complexity index is 1650. The molecule has 0 bridgehead atoms. The summed E-state index contributed by atoms with van der Waals surface area (Å²) in [5.41, 5.74) is 1.57. The number of anilines is 1. The van der Waals surface area contributed by atoms with Crippen molar-refractivity contribution in [3.8, 4) is 5.75 Å². The van der Waals surface area contributed by atoms with Crippen molar-refractivity contribution in [3.63, 3.8) is 0 Å². The van der Waals surface area contributed by atoms with Crippen molar-refractivity contribution in [1.82, 2.24) is 10.2 Å². The van der Waals surface area contributed by atoms with Crippen LogP contribution in [0.1, 0.15) is 42.5 Å². The lowest BCUT2D eigenvalue weighted by molar-refractivity contribution is -0.132. The van der Waals surface area contributed by atoms with Crippen molar-refractivity contribution in [1.29, 1.82) is 0 Å². The molecule has 1 unspecified atom stereocenters. The van der Waals surface area contributed by atoms with Gasteiger partial charge in [-0.2, -0.15) is 0 Å². The number of benzene rings is 3. The highest BCUT2D eigenvalue weighted by atomic mass is 35.5. The van der Waals surface area contributed by atoms with Crippen molar-refractivity contribution in [3.05, 3.63) is 105 Å². The second-order valence-corrected chi connectivity index (χ2v) is 12.3. The second kappa shape index (κ2) is 13.2. The number of ketones is 1. The molecule has 1 aromatic heterocycles. The van der Waals surface area contributed by atoms with E-state index in [1.54, 1.807) is 54.6 Å². The van der Waals surface area contributed by atoms with Gasteiger partial charge in [-0.3, -0.25) is 14.5 Å². The molecule has 1 saturated heterocycles. The van der Waals surface area contributed by atoms with Crippen molar-refractivity contribution in [2.45, 2.75) is 35.9 Å². The number of aliphatic hydroxyl groups is 1. The zero-order valence-corrected chi connectivity index (χ0v) is 25.4. The number of rotatable bonds is 10. The Morgan fingerprint density at radius 3 is 2.48 bits per heavy atom. The Labute approximate surface area is 259 Å². The van der Waals surface area contributed by atoms with Gasteiger partial charge in [-0.25, -0.2) is 4.39 Å². The highest BCUT2D eigenvalue weighted by molar-refractivity contribution is 8.00. The number of Topliss-reactive ketones (excluding diaryl/α,β-unsaturated/α-hetero) is 1. The fourth-order valence-electron chi connectivity index (χ4n) is 4.31. The van der Waals surface area contributed by atoms with E-state index in [0.717, 1.165) is 29.7 Å². The SMILES string of the molecule is CCCCOc1ccc(/C(O)=C2\C(=O)C(=O)N(c3nnc(SCc4ccc(F)cc4)s3)C2c2ccc(Cl)c(Cl)c2)cc1. The topological polar surface area (TPSA) is 92.6 Å². The number of ether oxygens (including phenoxy) is 1. The molecule has 0 radical (unpaired) electrons. The van der Waals surface area contributed by atoms with Crippen LogP contribution in [0.15, 0.2) is 76.6 Å². The molecule has 216 valence electrons. The summed E-state index contributed by atoms with van der Waals surface area (Å²) in [5.74, 6) is -1.28. The molecule has 1 aliphatic rings. The molecule has 42 heavy (non-hydrogen) atoms. The van der Waals surface area contributed by atoms with Crippen LogP contribution >= 0.6 is 46.3 Å². The summed E-state index contributed by atoms with van der Waals surface area (Å²) in [5, 5.41) is 20.5. The quantitative estimate of drug-likeness (QED) is 0.0466. The monoisotopic (exact) mass is 643 g/mol. The van der Waals surface area contributed by atoms with Crippen LogP contribution in [0.2, 0.25) is 10.0 Å². The van der Waals surface area contributed by atoms with Crippen molar-refractivity contribution < 1.29 is 23.8 Å². The zero-order chi connectivity index (χ0) is 29.8. The molecule has 0 saturated carbocycles. The molecule has 2 heterocycles. The Kier molecular flexibility index (Phi) is 9.47. The van der Waals surface area contributed by atoms with E-state index in [0.29, 0.717) is 38.6 Å². The van der Waals surface area contributed by atoms with E-state index in [1.165, 1.54) is 28.8 Å². The van der Waals surface area contributed by atoms with Crippen LogP contribution in [0.3, 0.4) is 0 Å². The van der Waals surface area contributed by atoms with Gasteiger partial charge in [-0.15, -0.1) is 10.2 Å². The number of amides is 1. The van der Waals surface area contributed by atoms with Gasteiger partial charge >= 0.3 is 5.91 Å². The van der Waals surface area contributed by atoms with Crippen LogP contribution in [-0.4, -0.2) is 33.6 Å². The summed E-state index contributed by atoms with van der Waals surface area (Å²) < 4.78 is 19.5. The Morgan fingerprint density at radius 1 is 1.05 bits per heavy atom. The molecule has 1 aliphatic heterocycles. The number of hydrogen-bond donors (Lipinski definition) is 1. The number of carbonyl (C=O) groups is 2. The molecule has 7 nitrogen and oxygen atoms in total. The van der Waals surface area contributed by atoms with Gasteiger partial charge in [-0.05, 0) is 66.1 Å². The summed E-state index contributed by atoms with van der Waals surface area (Å²) in [4.78, 5) is 28.1. The smallest absolute Gasteiger partial charge is 0.301 e. The summed E-state index contributed by atoms with van der Waals surface area (Å²) in [6.07, 6.45) is 1.91. The molecule has 3 aromatic carbocycles. The second-order valence-electron chi connectivity index (χ2n) is 9.33. The number of unbranched alkanes of at least 4 members (excludes halogenated alkanes) is 1. The summed E-state index contributed by atoms with van der Waals surface area (Å²) in [6.45, 7) is 2.63. The number of aromatic nitrogens is 2. The molecular weight excluding hydrogens is 620 g/mol. The van der Waals surface area contributed by atoms with Crippen LogP contribution in [-0.2, 0) is 15.3 Å². The zero-order valence-electron chi connectivity index (χ0n) is 22.2. The van der Waals surface area contributed by atoms with Crippen LogP contribution in [0.5, 0.6) is 5.75 Å². The molecule has 0 spiro atoms. The van der Waals surface area contributed by atoms with E-state index in [2.05, 4.69) is 17.1 Å². The lowest BCUT2D eigenvalue weighted by atomic mass is 9.95. The third-order valence-electron chi connectivity index (χ3n) is 6.48. The van der Waals surface area contributed by atoms with Crippen LogP contribution in [0.4, 0.5) is 9.52 Å². The minimum Gasteiger partial charge on any atom is -0.507 e. The molecule has 1 amide bonds. The van der Waals surface area contributed by atoms with E-state index in [4.69, 9.17) is 27.9 Å². The third kappa shape index (κ3) is 6.47. The van der Waals surface area contributed by atoms with Gasteiger partial charge in [0.2, 0.25) is 5.13 Å². The fourth-order valence-corrected chi connectivity index (χ4v) is 6.44. The molecule has 1 atom stereocenters. The van der Waals surface area contributed by atoms with Crippen LogP contribution < -0.4 is 9.64 Å². The highest BCUT2D eigenvalue weighted by Gasteiger charge is 2.48. The van der Waals surface area contributed by atoms with E-state index in [9.17, 15) is 19.1 Å². The molecule has 5 rings (SSSR count). The van der Waals surface area contributed by atoms with Crippen molar-refractivity contribution in [2.75, 3.05) is 11.5 Å². The molecular formula is C30H24Cl2FN3O4S2. The number of thioether (sulfide) groups is 1. The predicted octanol–water partition coefficient (Wildman–Crippen LogP) is 8.08. The van der Waals surface area contributed by atoms with Gasteiger partial charge in [0, 0.05) is 11.3 Å². The normalized spacial score (nSPS) is 16.3. The Morgan fingerprint density at radius 2 is 1.79 bits per heavy atom. The van der Waals surface area contributed by atoms with E-state index < -0.39 is 17.7 Å². The molecule has 4 aromatic rings. The fraction of sp³-hybridized carbons (Fsp3) is 0.200. The van der Waals surface area contributed by atoms with Gasteiger partial charge in [0.1, 0.15) is 17.3 Å². The first-order chi connectivity index (χ1) is 20.3. The summed E-state index contributed by atoms with van der Waals surface area (Å²) >= 11 is 15.0. The van der Waals surface area contributed by atoms with Gasteiger partial charge in [-0.1, -0.05) is 77.8 Å². The maximum atomic E-state index is 13.5. The van der Waals surface area contributed by atoms with Crippen LogP contribution in [0.25, 0.3) is 5.76 Å². The Balaban J connectivity index is 1.50. The number of carbonyl (C=O) groups excluding carboxylic acids is 2. The number of hydrogen-bond acceptors (Lipinski definition) is 8. The number of nitrogens with zero attached hydrogens (tertiary/aromatic N) is 3. The van der Waals surface area contributed by atoms with E-state index in [1.807, 2.05) is 0 Å². The first-order valence-electron chi connectivity index (χ1n) is 13.0. The van der Waals surface area contributed by atoms with Gasteiger partial charge in [0.05, 0.1) is 28.3 Å². The number of aliphatic hydroxyl groups excluding tert-OH is 1. The minimum absolute atomic E-state index is 0.117. The van der Waals surface area contributed by atoms with Gasteiger partial charge in [0.15, 0.2) is 4.34 Å². The van der Waals surface area contributed by atoms with Crippen molar-refractivity contribution in [2.24, 2.45) is 0 Å². The standard InChI is InChI=1S/C30H24Cl2FN3O4S2/c1-2-3-14-40-21-11-6-18(7-12-21)26(37)24-25(19-8-13-22(31)23(32)15-19)36(28(39)27(24)38)29-34-35-30(42-29)41-16-17-4-9-20(33)10-5-17/h4-13,15,25,37H,2-3,14,16H2,1H3/b26-24+. The highest BCUT2D eigenvalue weighted by Crippen LogP contribution is 2.45.